The van der Waals surface area contributed by atoms with Crippen molar-refractivity contribution in [2.45, 2.75) is 32.6 Å². The average Bonchev–Trinajstić information content (AvgIpc) is 2.64. The summed E-state index contributed by atoms with van der Waals surface area (Å²) in [6.07, 6.45) is 4.96. The molecule has 0 aromatic heterocycles. The highest BCUT2D eigenvalue weighted by Crippen LogP contribution is 2.21. The highest BCUT2D eigenvalue weighted by Gasteiger charge is 2.25. The summed E-state index contributed by atoms with van der Waals surface area (Å²) in [5, 5.41) is 5.12. The number of amides is 3. The van der Waals surface area contributed by atoms with Crippen molar-refractivity contribution in [1.82, 2.24) is 15.1 Å². The molecule has 0 radical (unpaired) electrons. The molecule has 2 aliphatic rings. The zero-order valence-electron chi connectivity index (χ0n) is 16.3. The van der Waals surface area contributed by atoms with E-state index in [4.69, 9.17) is 0 Å². The summed E-state index contributed by atoms with van der Waals surface area (Å²) in [6.45, 7) is 8.05. The Labute approximate surface area is 162 Å². The molecule has 6 heteroatoms. The molecular formula is C21H32N4O2. The van der Waals surface area contributed by atoms with Crippen LogP contribution in [-0.4, -0.2) is 61.0 Å². The van der Waals surface area contributed by atoms with Gasteiger partial charge in [0, 0.05) is 18.8 Å². The zero-order chi connectivity index (χ0) is 19.1. The molecule has 2 aliphatic heterocycles. The molecule has 2 fully saturated rings. The van der Waals surface area contributed by atoms with E-state index < -0.39 is 6.03 Å². The molecule has 0 bridgehead atoms. The Hall–Kier alpha value is -1.92. The third-order valence-electron chi connectivity index (χ3n) is 5.65. The van der Waals surface area contributed by atoms with E-state index >= 15 is 0 Å². The molecule has 2 saturated heterocycles. The smallest absolute Gasteiger partial charge is 0.308 e. The Balaban J connectivity index is 1.39. The van der Waals surface area contributed by atoms with Crippen molar-refractivity contribution in [3.05, 3.63) is 30.3 Å². The van der Waals surface area contributed by atoms with Crippen molar-refractivity contribution in [2.24, 2.45) is 11.8 Å². The van der Waals surface area contributed by atoms with Crippen LogP contribution in [0.4, 0.5) is 10.5 Å². The number of carbonyl (C=O) groups excluding carboxylic acids is 2. The number of benzene rings is 1. The molecule has 27 heavy (non-hydrogen) atoms. The molecular weight excluding hydrogens is 340 g/mol. The second kappa shape index (κ2) is 9.85. The minimum Gasteiger partial charge on any atom is -0.308 e. The number of anilines is 1. The number of rotatable bonds is 5. The van der Waals surface area contributed by atoms with Gasteiger partial charge in [-0.3, -0.25) is 15.0 Å². The third-order valence-corrected chi connectivity index (χ3v) is 5.65. The number of para-hydroxylation sites is 1. The van der Waals surface area contributed by atoms with Crippen molar-refractivity contribution < 1.29 is 9.59 Å². The van der Waals surface area contributed by atoms with Crippen LogP contribution in [0.3, 0.4) is 0 Å². The van der Waals surface area contributed by atoms with Crippen LogP contribution in [0.1, 0.15) is 32.6 Å². The van der Waals surface area contributed by atoms with Crippen LogP contribution in [0.2, 0.25) is 0 Å². The molecule has 0 spiro atoms. The predicted octanol–water partition coefficient (Wildman–Crippen LogP) is 2.78. The topological polar surface area (TPSA) is 64.7 Å². The zero-order valence-corrected chi connectivity index (χ0v) is 16.3. The Bertz CT molecular complexity index is 614. The van der Waals surface area contributed by atoms with Crippen LogP contribution < -0.4 is 10.6 Å². The van der Waals surface area contributed by atoms with Crippen LogP contribution in [0, 0.1) is 11.8 Å². The predicted molar refractivity (Wildman–Crippen MR) is 108 cm³/mol. The number of imide groups is 1. The molecule has 0 saturated carbocycles. The van der Waals surface area contributed by atoms with Gasteiger partial charge in [-0.15, -0.1) is 0 Å². The second-order valence-electron chi connectivity index (χ2n) is 8.09. The lowest BCUT2D eigenvalue weighted by Crippen LogP contribution is -2.47. The Morgan fingerprint density at radius 2 is 1.78 bits per heavy atom. The Kier molecular flexibility index (Phi) is 7.24. The van der Waals surface area contributed by atoms with Gasteiger partial charge >= 0.3 is 6.03 Å². The van der Waals surface area contributed by atoms with Gasteiger partial charge in [-0.05, 0) is 69.3 Å². The van der Waals surface area contributed by atoms with E-state index in [1.807, 2.05) is 18.2 Å². The summed E-state index contributed by atoms with van der Waals surface area (Å²) in [5.41, 5.74) is 0.677. The van der Waals surface area contributed by atoms with Gasteiger partial charge in [0.15, 0.2) is 0 Å². The number of urea groups is 1. The summed E-state index contributed by atoms with van der Waals surface area (Å²) in [5.74, 6) is 1.24. The van der Waals surface area contributed by atoms with E-state index in [1.54, 1.807) is 12.1 Å². The molecule has 1 unspecified atom stereocenters. The molecule has 2 N–H and O–H groups in total. The van der Waals surface area contributed by atoms with Crippen molar-refractivity contribution >= 4 is 17.6 Å². The van der Waals surface area contributed by atoms with Gasteiger partial charge in [-0.2, -0.15) is 0 Å². The van der Waals surface area contributed by atoms with Crippen molar-refractivity contribution in [2.75, 3.05) is 44.6 Å². The fraction of sp³-hybridized carbons (Fsp3) is 0.619. The molecule has 6 nitrogen and oxygen atoms in total. The Morgan fingerprint density at radius 3 is 2.52 bits per heavy atom. The van der Waals surface area contributed by atoms with Crippen LogP contribution in [-0.2, 0) is 4.79 Å². The molecule has 2 heterocycles. The number of carbonyl (C=O) groups is 2. The summed E-state index contributed by atoms with van der Waals surface area (Å²) in [4.78, 5) is 28.9. The molecule has 0 aliphatic carbocycles. The lowest BCUT2D eigenvalue weighted by molar-refractivity contribution is -0.121. The first-order valence-corrected chi connectivity index (χ1v) is 10.2. The average molecular weight is 373 g/mol. The normalized spacial score (nSPS) is 22.3. The Morgan fingerprint density at radius 1 is 1.04 bits per heavy atom. The van der Waals surface area contributed by atoms with Crippen LogP contribution in [0.25, 0.3) is 0 Å². The quantitative estimate of drug-likeness (QED) is 0.834. The first-order chi connectivity index (χ1) is 13.1. The van der Waals surface area contributed by atoms with Crippen LogP contribution in [0.5, 0.6) is 0 Å². The molecule has 1 atom stereocenters. The highest BCUT2D eigenvalue weighted by atomic mass is 16.2. The SMILES string of the molecule is CC1CCN(CC2CCCN(CC(=O)NC(=O)Nc3ccccc3)C2)CC1. The summed E-state index contributed by atoms with van der Waals surface area (Å²) < 4.78 is 0. The van der Waals surface area contributed by atoms with E-state index in [1.165, 1.54) is 32.4 Å². The number of nitrogens with zero attached hydrogens (tertiary/aromatic N) is 2. The number of hydrogen-bond acceptors (Lipinski definition) is 4. The fourth-order valence-corrected chi connectivity index (χ4v) is 4.11. The van der Waals surface area contributed by atoms with Gasteiger partial charge in [0.25, 0.3) is 0 Å². The number of nitrogens with one attached hydrogen (secondary N) is 2. The largest absolute Gasteiger partial charge is 0.325 e. The molecule has 1 aromatic rings. The van der Waals surface area contributed by atoms with Gasteiger partial charge in [0.1, 0.15) is 0 Å². The monoisotopic (exact) mass is 372 g/mol. The van der Waals surface area contributed by atoms with Gasteiger partial charge in [-0.25, -0.2) is 4.79 Å². The summed E-state index contributed by atoms with van der Waals surface area (Å²) in [7, 11) is 0. The van der Waals surface area contributed by atoms with E-state index in [0.29, 0.717) is 11.6 Å². The van der Waals surface area contributed by atoms with E-state index in [2.05, 4.69) is 27.4 Å². The van der Waals surface area contributed by atoms with E-state index in [-0.39, 0.29) is 12.5 Å². The second-order valence-corrected chi connectivity index (χ2v) is 8.09. The molecule has 1 aromatic carbocycles. The minimum atomic E-state index is -0.470. The van der Waals surface area contributed by atoms with Crippen LogP contribution in [0.15, 0.2) is 30.3 Å². The maximum Gasteiger partial charge on any atom is 0.325 e. The maximum absolute atomic E-state index is 12.2. The van der Waals surface area contributed by atoms with Crippen molar-refractivity contribution in [3.8, 4) is 0 Å². The highest BCUT2D eigenvalue weighted by molar-refractivity contribution is 6.01. The minimum absolute atomic E-state index is 0.240. The van der Waals surface area contributed by atoms with Gasteiger partial charge in [0.05, 0.1) is 6.54 Å². The van der Waals surface area contributed by atoms with Crippen LogP contribution >= 0.6 is 0 Å². The fourth-order valence-electron chi connectivity index (χ4n) is 4.11. The van der Waals surface area contributed by atoms with Gasteiger partial charge in [-0.1, -0.05) is 25.1 Å². The first kappa shape index (κ1) is 19.8. The lowest BCUT2D eigenvalue weighted by Gasteiger charge is -2.37. The lowest BCUT2D eigenvalue weighted by atomic mass is 9.94. The summed E-state index contributed by atoms with van der Waals surface area (Å²) >= 11 is 0. The summed E-state index contributed by atoms with van der Waals surface area (Å²) in [6, 6.07) is 8.68. The van der Waals surface area contributed by atoms with Crippen molar-refractivity contribution in [3.63, 3.8) is 0 Å². The van der Waals surface area contributed by atoms with Gasteiger partial charge < -0.3 is 10.2 Å². The van der Waals surface area contributed by atoms with E-state index in [0.717, 1.165) is 32.0 Å². The maximum atomic E-state index is 12.2. The standard InChI is InChI=1S/C21H32N4O2/c1-17-9-12-24(13-10-17)14-18-6-5-11-25(15-18)16-20(26)23-21(27)22-19-7-3-2-4-8-19/h2-4,7-8,17-18H,5-6,9-16H2,1H3,(H2,22,23,26,27). The van der Waals surface area contributed by atoms with Gasteiger partial charge in [0.2, 0.25) is 5.91 Å². The number of piperidine rings is 2. The molecule has 3 rings (SSSR count). The number of likely N-dealkylation sites (tertiary alicyclic amines) is 2. The van der Waals surface area contributed by atoms with E-state index in [9.17, 15) is 9.59 Å². The molecule has 148 valence electrons. The number of hydrogen-bond donors (Lipinski definition) is 2. The molecule has 3 amide bonds. The third kappa shape index (κ3) is 6.63. The first-order valence-electron chi connectivity index (χ1n) is 10.2. The van der Waals surface area contributed by atoms with Crippen molar-refractivity contribution in [1.29, 1.82) is 0 Å².